The van der Waals surface area contributed by atoms with Crippen LogP contribution >= 0.6 is 11.6 Å². The number of nitro benzene ring substituents is 1. The van der Waals surface area contributed by atoms with Crippen molar-refractivity contribution < 1.29 is 19.2 Å². The summed E-state index contributed by atoms with van der Waals surface area (Å²) < 4.78 is 5.41. The third kappa shape index (κ3) is 3.74. The van der Waals surface area contributed by atoms with Crippen LogP contribution in [-0.4, -0.2) is 65.4 Å². The fourth-order valence-electron chi connectivity index (χ4n) is 3.07. The van der Waals surface area contributed by atoms with Gasteiger partial charge in [0.2, 0.25) is 0 Å². The van der Waals surface area contributed by atoms with Crippen molar-refractivity contribution in [2.75, 3.05) is 32.8 Å². The molecule has 9 heteroatoms. The van der Waals surface area contributed by atoms with Crippen molar-refractivity contribution in [3.8, 4) is 0 Å². The maximum atomic E-state index is 12.6. The van der Waals surface area contributed by atoms with Crippen molar-refractivity contribution in [1.82, 2.24) is 9.80 Å². The number of hydrogen-bond donors (Lipinski definition) is 0. The first-order valence-corrected chi connectivity index (χ1v) is 8.49. The van der Waals surface area contributed by atoms with Crippen LogP contribution in [0.2, 0.25) is 5.02 Å². The zero-order chi connectivity index (χ0) is 18.0. The summed E-state index contributed by atoms with van der Waals surface area (Å²) >= 11 is 6.02. The van der Waals surface area contributed by atoms with Crippen molar-refractivity contribution in [2.24, 2.45) is 0 Å². The first kappa shape index (κ1) is 17.6. The summed E-state index contributed by atoms with van der Waals surface area (Å²) in [6, 6.07) is 3.80. The summed E-state index contributed by atoms with van der Waals surface area (Å²) in [5.41, 5.74) is 0.0692. The highest BCUT2D eigenvalue weighted by molar-refractivity contribution is 6.34. The lowest BCUT2D eigenvalue weighted by Crippen LogP contribution is -2.52. The number of benzene rings is 1. The monoisotopic (exact) mass is 367 g/mol. The van der Waals surface area contributed by atoms with E-state index in [4.69, 9.17) is 16.3 Å². The van der Waals surface area contributed by atoms with Crippen LogP contribution in [-0.2, 0) is 9.53 Å². The van der Waals surface area contributed by atoms with Crippen molar-refractivity contribution in [1.29, 1.82) is 0 Å². The normalized spacial score (nSPS) is 20.6. The van der Waals surface area contributed by atoms with Crippen molar-refractivity contribution in [2.45, 2.75) is 18.9 Å². The minimum atomic E-state index is -0.560. The minimum absolute atomic E-state index is 0.0158. The van der Waals surface area contributed by atoms with Gasteiger partial charge in [-0.3, -0.25) is 19.7 Å². The van der Waals surface area contributed by atoms with E-state index < -0.39 is 4.92 Å². The Hall–Kier alpha value is -2.19. The van der Waals surface area contributed by atoms with Crippen LogP contribution in [0.4, 0.5) is 5.69 Å². The largest absolute Gasteiger partial charge is 0.368 e. The Balaban J connectivity index is 1.61. The van der Waals surface area contributed by atoms with Crippen LogP contribution in [0.1, 0.15) is 23.2 Å². The standard InChI is InChI=1S/C16H18ClN3O5/c17-13-10-11(20(23)24)3-4-12(13)15(21)18-5-7-19(8-6-18)16(22)14-2-1-9-25-14/h3-4,10,14H,1-2,5-9H2. The van der Waals surface area contributed by atoms with Crippen LogP contribution in [0, 0.1) is 10.1 Å². The van der Waals surface area contributed by atoms with E-state index in [1.54, 1.807) is 9.80 Å². The average molecular weight is 368 g/mol. The number of nitro groups is 1. The van der Waals surface area contributed by atoms with Crippen molar-refractivity contribution in [3.63, 3.8) is 0 Å². The molecule has 2 aliphatic rings. The van der Waals surface area contributed by atoms with E-state index in [9.17, 15) is 19.7 Å². The smallest absolute Gasteiger partial charge is 0.270 e. The maximum absolute atomic E-state index is 12.6. The number of carbonyl (C=O) groups excluding carboxylic acids is 2. The van der Waals surface area contributed by atoms with Crippen LogP contribution in [0.3, 0.4) is 0 Å². The molecule has 3 rings (SSSR count). The van der Waals surface area contributed by atoms with Gasteiger partial charge >= 0.3 is 0 Å². The van der Waals surface area contributed by atoms with Gasteiger partial charge < -0.3 is 14.5 Å². The third-order valence-electron chi connectivity index (χ3n) is 4.48. The fraction of sp³-hybridized carbons (Fsp3) is 0.500. The predicted molar refractivity (Wildman–Crippen MR) is 89.6 cm³/mol. The summed E-state index contributed by atoms with van der Waals surface area (Å²) in [5, 5.41) is 10.8. The summed E-state index contributed by atoms with van der Waals surface area (Å²) in [6.45, 7) is 2.28. The van der Waals surface area contributed by atoms with Crippen LogP contribution in [0.15, 0.2) is 18.2 Å². The van der Waals surface area contributed by atoms with E-state index >= 15 is 0 Å². The number of ether oxygens (including phenoxy) is 1. The van der Waals surface area contributed by atoms with E-state index in [1.165, 1.54) is 18.2 Å². The Morgan fingerprint density at radius 3 is 2.44 bits per heavy atom. The number of nitrogens with zero attached hydrogens (tertiary/aromatic N) is 3. The second-order valence-corrected chi connectivity index (χ2v) is 6.45. The summed E-state index contributed by atoms with van der Waals surface area (Å²) in [4.78, 5) is 38.4. The molecular weight excluding hydrogens is 350 g/mol. The molecule has 1 unspecified atom stereocenters. The van der Waals surface area contributed by atoms with Gasteiger partial charge in [0.15, 0.2) is 0 Å². The van der Waals surface area contributed by atoms with E-state index in [2.05, 4.69) is 0 Å². The van der Waals surface area contributed by atoms with Gasteiger partial charge in [0, 0.05) is 44.9 Å². The highest BCUT2D eigenvalue weighted by Gasteiger charge is 2.32. The molecule has 2 heterocycles. The maximum Gasteiger partial charge on any atom is 0.270 e. The SMILES string of the molecule is O=C(c1ccc([N+](=O)[O-])cc1Cl)N1CCN(C(=O)C2CCCO2)CC1. The highest BCUT2D eigenvalue weighted by Crippen LogP contribution is 2.24. The van der Waals surface area contributed by atoms with Gasteiger partial charge in [-0.05, 0) is 18.9 Å². The van der Waals surface area contributed by atoms with E-state index in [-0.39, 0.29) is 34.2 Å². The molecule has 0 spiro atoms. The Kier molecular flexibility index (Phi) is 5.19. The Morgan fingerprint density at radius 1 is 1.20 bits per heavy atom. The first-order chi connectivity index (χ1) is 12.0. The molecule has 0 N–H and O–H groups in total. The van der Waals surface area contributed by atoms with Gasteiger partial charge in [-0.1, -0.05) is 11.6 Å². The van der Waals surface area contributed by atoms with Crippen LogP contribution in [0.25, 0.3) is 0 Å². The predicted octanol–water partition coefficient (Wildman–Crippen LogP) is 1.71. The van der Waals surface area contributed by atoms with Crippen LogP contribution < -0.4 is 0 Å². The zero-order valence-corrected chi connectivity index (χ0v) is 14.3. The van der Waals surface area contributed by atoms with Gasteiger partial charge in [0.25, 0.3) is 17.5 Å². The molecule has 1 atom stereocenters. The Bertz CT molecular complexity index is 697. The molecule has 0 radical (unpaired) electrons. The van der Waals surface area contributed by atoms with Crippen molar-refractivity contribution >= 4 is 29.1 Å². The second kappa shape index (κ2) is 7.37. The third-order valence-corrected chi connectivity index (χ3v) is 4.79. The first-order valence-electron chi connectivity index (χ1n) is 8.11. The number of non-ortho nitro benzene ring substituents is 1. The molecule has 0 bridgehead atoms. The minimum Gasteiger partial charge on any atom is -0.368 e. The molecule has 134 valence electrons. The molecule has 25 heavy (non-hydrogen) atoms. The van der Waals surface area contributed by atoms with Gasteiger partial charge in [-0.2, -0.15) is 0 Å². The van der Waals surface area contributed by atoms with E-state index in [1.807, 2.05) is 0 Å². The summed E-state index contributed by atoms with van der Waals surface area (Å²) in [6.07, 6.45) is 1.29. The molecule has 0 aromatic heterocycles. The van der Waals surface area contributed by atoms with Crippen molar-refractivity contribution in [3.05, 3.63) is 38.9 Å². The molecule has 1 aromatic rings. The van der Waals surface area contributed by atoms with Crippen LogP contribution in [0.5, 0.6) is 0 Å². The highest BCUT2D eigenvalue weighted by atomic mass is 35.5. The molecule has 0 aliphatic carbocycles. The number of amides is 2. The zero-order valence-electron chi connectivity index (χ0n) is 13.5. The molecular formula is C16H18ClN3O5. The molecule has 8 nitrogen and oxygen atoms in total. The number of hydrogen-bond acceptors (Lipinski definition) is 5. The Morgan fingerprint density at radius 2 is 1.88 bits per heavy atom. The summed E-state index contributed by atoms with van der Waals surface area (Å²) in [5.74, 6) is -0.304. The lowest BCUT2D eigenvalue weighted by atomic mass is 10.1. The number of halogens is 1. The van der Waals surface area contributed by atoms with E-state index in [0.29, 0.717) is 32.8 Å². The number of rotatable bonds is 3. The number of piperazine rings is 1. The molecule has 1 aromatic carbocycles. The molecule has 2 aliphatic heterocycles. The Labute approximate surface area is 149 Å². The lowest BCUT2D eigenvalue weighted by Gasteiger charge is -2.35. The molecule has 2 amide bonds. The van der Waals surface area contributed by atoms with E-state index in [0.717, 1.165) is 12.8 Å². The van der Waals surface area contributed by atoms with Gasteiger partial charge in [-0.25, -0.2) is 0 Å². The lowest BCUT2D eigenvalue weighted by molar-refractivity contribution is -0.384. The molecule has 0 saturated carbocycles. The number of carbonyl (C=O) groups is 2. The van der Waals surface area contributed by atoms with Gasteiger partial charge in [0.1, 0.15) is 6.10 Å². The quantitative estimate of drug-likeness (QED) is 0.599. The topological polar surface area (TPSA) is 93.0 Å². The van der Waals surface area contributed by atoms with Gasteiger partial charge in [0.05, 0.1) is 15.5 Å². The molecule has 2 fully saturated rings. The fourth-order valence-corrected chi connectivity index (χ4v) is 3.32. The van der Waals surface area contributed by atoms with Gasteiger partial charge in [-0.15, -0.1) is 0 Å². The summed E-state index contributed by atoms with van der Waals surface area (Å²) in [7, 11) is 0. The molecule has 2 saturated heterocycles. The second-order valence-electron chi connectivity index (χ2n) is 6.04. The average Bonchev–Trinajstić information content (AvgIpc) is 3.15.